The van der Waals surface area contributed by atoms with Gasteiger partial charge >= 0.3 is 0 Å². The molecule has 24 heavy (non-hydrogen) atoms. The highest BCUT2D eigenvalue weighted by Gasteiger charge is 2.12. The van der Waals surface area contributed by atoms with E-state index in [1.807, 2.05) is 48.7 Å². The van der Waals surface area contributed by atoms with Gasteiger partial charge < -0.3 is 5.11 Å². The standard InChI is InChI=1S/C20H17N3O/c1-14-17(16-6-3-2-4-7-16)8-5-9-18(14)20-21-19-11-10-15(13-24)12-23(19)22-20/h2-12,24H,13H2,1H3. The summed E-state index contributed by atoms with van der Waals surface area (Å²) >= 11 is 0. The van der Waals surface area contributed by atoms with Crippen LogP contribution in [-0.2, 0) is 6.61 Å². The van der Waals surface area contributed by atoms with E-state index in [9.17, 15) is 5.11 Å². The molecule has 0 aliphatic carbocycles. The molecule has 2 aromatic carbocycles. The molecule has 0 saturated heterocycles. The van der Waals surface area contributed by atoms with Gasteiger partial charge in [0.25, 0.3) is 0 Å². The van der Waals surface area contributed by atoms with Crippen LogP contribution in [0.5, 0.6) is 0 Å². The summed E-state index contributed by atoms with van der Waals surface area (Å²) in [6.07, 6.45) is 1.81. The Hall–Kier alpha value is -2.98. The zero-order valence-electron chi connectivity index (χ0n) is 13.3. The minimum atomic E-state index is -0.00630. The third-order valence-corrected chi connectivity index (χ3v) is 4.23. The molecular weight excluding hydrogens is 298 g/mol. The van der Waals surface area contributed by atoms with Crippen molar-refractivity contribution in [3.8, 4) is 22.5 Å². The van der Waals surface area contributed by atoms with E-state index in [-0.39, 0.29) is 6.61 Å². The monoisotopic (exact) mass is 315 g/mol. The topological polar surface area (TPSA) is 50.4 Å². The number of fused-ring (bicyclic) bond motifs is 1. The minimum absolute atomic E-state index is 0.00630. The Morgan fingerprint density at radius 3 is 2.50 bits per heavy atom. The molecule has 4 heteroatoms. The fraction of sp³-hybridized carbons (Fsp3) is 0.100. The lowest BCUT2D eigenvalue weighted by atomic mass is 9.96. The molecule has 0 spiro atoms. The van der Waals surface area contributed by atoms with Gasteiger partial charge in [-0.15, -0.1) is 5.10 Å². The normalized spacial score (nSPS) is 11.1. The Kier molecular flexibility index (Phi) is 3.59. The average molecular weight is 315 g/mol. The lowest BCUT2D eigenvalue weighted by Crippen LogP contribution is -1.92. The van der Waals surface area contributed by atoms with E-state index in [4.69, 9.17) is 0 Å². The summed E-state index contributed by atoms with van der Waals surface area (Å²) in [6, 6.07) is 20.3. The number of pyridine rings is 1. The maximum Gasteiger partial charge on any atom is 0.182 e. The van der Waals surface area contributed by atoms with Crippen LogP contribution in [0.25, 0.3) is 28.2 Å². The predicted octanol–water partition coefficient (Wildman–Crippen LogP) is 3.86. The molecule has 2 heterocycles. The molecule has 0 aliphatic rings. The maximum absolute atomic E-state index is 9.27. The van der Waals surface area contributed by atoms with Gasteiger partial charge in [-0.1, -0.05) is 54.6 Å². The predicted molar refractivity (Wildman–Crippen MR) is 94.5 cm³/mol. The van der Waals surface area contributed by atoms with Gasteiger partial charge in [0, 0.05) is 11.8 Å². The van der Waals surface area contributed by atoms with Crippen molar-refractivity contribution in [2.75, 3.05) is 0 Å². The average Bonchev–Trinajstić information content (AvgIpc) is 3.05. The Bertz CT molecular complexity index is 1010. The van der Waals surface area contributed by atoms with Crippen molar-refractivity contribution in [2.24, 2.45) is 0 Å². The summed E-state index contributed by atoms with van der Waals surface area (Å²) in [5, 5.41) is 13.8. The lowest BCUT2D eigenvalue weighted by Gasteiger charge is -2.09. The number of aliphatic hydroxyl groups is 1. The summed E-state index contributed by atoms with van der Waals surface area (Å²) in [7, 11) is 0. The summed E-state index contributed by atoms with van der Waals surface area (Å²) in [5.74, 6) is 0.695. The largest absolute Gasteiger partial charge is 0.392 e. The molecule has 0 radical (unpaired) electrons. The molecule has 4 nitrogen and oxygen atoms in total. The molecule has 1 N–H and O–H groups in total. The van der Waals surface area contributed by atoms with Crippen LogP contribution in [0.2, 0.25) is 0 Å². The Balaban J connectivity index is 1.85. The SMILES string of the molecule is Cc1c(-c2ccccc2)cccc1-c1nc2ccc(CO)cn2n1. The van der Waals surface area contributed by atoms with Crippen molar-refractivity contribution >= 4 is 5.65 Å². The number of aromatic nitrogens is 3. The number of hydrogen-bond donors (Lipinski definition) is 1. The van der Waals surface area contributed by atoms with Crippen LogP contribution in [0, 0.1) is 6.92 Å². The fourth-order valence-electron chi connectivity index (χ4n) is 2.94. The summed E-state index contributed by atoms with van der Waals surface area (Å²) in [5.41, 5.74) is 6.12. The molecule has 0 aliphatic heterocycles. The molecular formula is C20H17N3O. The zero-order valence-corrected chi connectivity index (χ0v) is 13.3. The third-order valence-electron chi connectivity index (χ3n) is 4.23. The minimum Gasteiger partial charge on any atom is -0.392 e. The first-order valence-electron chi connectivity index (χ1n) is 7.88. The van der Waals surface area contributed by atoms with Gasteiger partial charge in [-0.25, -0.2) is 9.50 Å². The highest BCUT2D eigenvalue weighted by molar-refractivity contribution is 5.76. The van der Waals surface area contributed by atoms with Crippen molar-refractivity contribution in [1.29, 1.82) is 0 Å². The van der Waals surface area contributed by atoms with Gasteiger partial charge in [-0.05, 0) is 35.2 Å². The molecule has 4 aromatic rings. The van der Waals surface area contributed by atoms with E-state index in [1.165, 1.54) is 11.1 Å². The number of aliphatic hydroxyl groups excluding tert-OH is 1. The highest BCUT2D eigenvalue weighted by Crippen LogP contribution is 2.30. The van der Waals surface area contributed by atoms with Gasteiger partial charge in [-0.3, -0.25) is 0 Å². The van der Waals surface area contributed by atoms with Gasteiger partial charge in [0.1, 0.15) is 0 Å². The van der Waals surface area contributed by atoms with Crippen molar-refractivity contribution in [3.05, 3.63) is 78.0 Å². The van der Waals surface area contributed by atoms with Crippen molar-refractivity contribution in [1.82, 2.24) is 14.6 Å². The van der Waals surface area contributed by atoms with E-state index in [2.05, 4.69) is 35.2 Å². The second-order valence-electron chi connectivity index (χ2n) is 5.78. The van der Waals surface area contributed by atoms with Crippen LogP contribution in [0.3, 0.4) is 0 Å². The summed E-state index contributed by atoms with van der Waals surface area (Å²) in [4.78, 5) is 4.62. The Labute approximate surface area is 140 Å². The van der Waals surface area contributed by atoms with Crippen molar-refractivity contribution < 1.29 is 5.11 Å². The van der Waals surface area contributed by atoms with E-state index >= 15 is 0 Å². The second-order valence-corrected chi connectivity index (χ2v) is 5.78. The van der Waals surface area contributed by atoms with Gasteiger partial charge in [0.15, 0.2) is 11.5 Å². The summed E-state index contributed by atoms with van der Waals surface area (Å²) in [6.45, 7) is 2.09. The van der Waals surface area contributed by atoms with Crippen LogP contribution >= 0.6 is 0 Å². The quantitative estimate of drug-likeness (QED) is 0.624. The molecule has 0 amide bonds. The second kappa shape index (κ2) is 5.91. The zero-order chi connectivity index (χ0) is 16.5. The van der Waals surface area contributed by atoms with Crippen LogP contribution in [0.1, 0.15) is 11.1 Å². The number of benzene rings is 2. The molecule has 0 atom stereocenters. The van der Waals surface area contributed by atoms with Gasteiger partial charge in [-0.2, -0.15) is 0 Å². The van der Waals surface area contributed by atoms with Gasteiger partial charge in [0.2, 0.25) is 0 Å². The Morgan fingerprint density at radius 2 is 1.71 bits per heavy atom. The van der Waals surface area contributed by atoms with E-state index in [0.717, 1.165) is 22.3 Å². The third kappa shape index (κ3) is 2.47. The number of nitrogens with zero attached hydrogens (tertiary/aromatic N) is 3. The van der Waals surface area contributed by atoms with E-state index in [0.29, 0.717) is 5.82 Å². The van der Waals surface area contributed by atoms with Crippen molar-refractivity contribution in [3.63, 3.8) is 0 Å². The molecule has 118 valence electrons. The summed E-state index contributed by atoms with van der Waals surface area (Å²) < 4.78 is 1.72. The van der Waals surface area contributed by atoms with Crippen LogP contribution in [0.15, 0.2) is 66.9 Å². The number of hydrogen-bond acceptors (Lipinski definition) is 3. The van der Waals surface area contributed by atoms with E-state index < -0.39 is 0 Å². The molecule has 0 unspecified atom stereocenters. The molecule has 0 fully saturated rings. The van der Waals surface area contributed by atoms with E-state index in [1.54, 1.807) is 4.52 Å². The first kappa shape index (κ1) is 14.6. The smallest absolute Gasteiger partial charge is 0.182 e. The van der Waals surface area contributed by atoms with Crippen LogP contribution < -0.4 is 0 Å². The molecule has 0 saturated carbocycles. The first-order valence-corrected chi connectivity index (χ1v) is 7.88. The lowest BCUT2D eigenvalue weighted by molar-refractivity contribution is 0.281. The van der Waals surface area contributed by atoms with Crippen LogP contribution in [-0.4, -0.2) is 19.7 Å². The highest BCUT2D eigenvalue weighted by atomic mass is 16.3. The van der Waals surface area contributed by atoms with Crippen molar-refractivity contribution in [2.45, 2.75) is 13.5 Å². The maximum atomic E-state index is 9.27. The molecule has 4 rings (SSSR count). The van der Waals surface area contributed by atoms with Gasteiger partial charge in [0.05, 0.1) is 6.61 Å². The molecule has 2 aromatic heterocycles. The fourth-order valence-corrected chi connectivity index (χ4v) is 2.94. The number of rotatable bonds is 3. The van der Waals surface area contributed by atoms with Crippen LogP contribution in [0.4, 0.5) is 0 Å². The Morgan fingerprint density at radius 1 is 0.917 bits per heavy atom. The molecule has 0 bridgehead atoms. The first-order chi connectivity index (χ1) is 11.8.